The van der Waals surface area contributed by atoms with Gasteiger partial charge in [0.15, 0.2) is 42.1 Å². The van der Waals surface area contributed by atoms with Crippen LogP contribution in [0.5, 0.6) is 0 Å². The lowest BCUT2D eigenvalue weighted by Gasteiger charge is -2.45. The molecule has 26 nitrogen and oxygen atoms in total. The molecule has 2 aromatic rings. The molecule has 4 rings (SSSR count). The fourth-order valence-corrected chi connectivity index (χ4v) is 8.08. The summed E-state index contributed by atoms with van der Waals surface area (Å²) >= 11 is 0. The Morgan fingerprint density at radius 3 is 2.00 bits per heavy atom. The molecule has 318 valence electrons. The number of aromatic nitrogens is 4. The summed E-state index contributed by atoms with van der Waals surface area (Å²) in [4.78, 5) is 94.0. The normalized spacial score (nSPS) is 28.7. The highest BCUT2D eigenvalue weighted by Crippen LogP contribution is 2.62. The highest BCUT2D eigenvalue weighted by atomic mass is 31.3. The second-order valence-electron chi connectivity index (χ2n) is 12.1. The SMILES string of the molecule is CO[C@@H]1[C@H](OC)[C@@H](COP(=O)(O)OP(=O)(O)O[C@@H]2O[C@H]([C@@H](COC(C)=O)OC(C)=O)[C@@H](OC(C)=O)[C@H](OC(C)=O)[C@@H]2OC(C)=O)O[C@H]1n1cnc2c(N)ncnc21. The first-order chi connectivity index (χ1) is 26.7. The fraction of sp³-hybridized carbons (Fsp3) is 0.655. The Hall–Kier alpha value is -4.20. The fourth-order valence-electron chi connectivity index (χ4n) is 5.93. The summed E-state index contributed by atoms with van der Waals surface area (Å²) in [7, 11) is -8.91. The molecule has 2 unspecified atom stereocenters. The van der Waals surface area contributed by atoms with Crippen LogP contribution in [0.15, 0.2) is 12.7 Å². The maximum Gasteiger partial charge on any atom is 0.483 e. The van der Waals surface area contributed by atoms with Crippen LogP contribution in [0.1, 0.15) is 40.8 Å². The molecule has 2 fully saturated rings. The van der Waals surface area contributed by atoms with Gasteiger partial charge in [0.1, 0.15) is 42.9 Å². The van der Waals surface area contributed by atoms with Crippen LogP contribution in [-0.4, -0.2) is 142 Å². The number of esters is 5. The maximum atomic E-state index is 13.4. The molecular formula is C29H41N5O21P2. The van der Waals surface area contributed by atoms with Gasteiger partial charge in [0.05, 0.1) is 12.9 Å². The molecule has 2 aliphatic rings. The molecule has 0 aromatic carbocycles. The number of ether oxygens (including phenoxy) is 9. The molecule has 57 heavy (non-hydrogen) atoms. The summed E-state index contributed by atoms with van der Waals surface area (Å²) in [5.41, 5.74) is 6.38. The molecule has 4 heterocycles. The molecule has 0 radical (unpaired) electrons. The zero-order chi connectivity index (χ0) is 42.4. The first-order valence-corrected chi connectivity index (χ1v) is 19.5. The summed E-state index contributed by atoms with van der Waals surface area (Å²) in [6, 6.07) is 0. The maximum absolute atomic E-state index is 13.4. The lowest BCUT2D eigenvalue weighted by Crippen LogP contribution is -2.65. The van der Waals surface area contributed by atoms with Crippen molar-refractivity contribution in [3.8, 4) is 0 Å². The number of imidazole rings is 1. The highest BCUT2D eigenvalue weighted by Gasteiger charge is 2.58. The lowest BCUT2D eigenvalue weighted by molar-refractivity contribution is -0.301. The molecule has 2 aliphatic heterocycles. The van der Waals surface area contributed by atoms with E-state index < -0.39 is 120 Å². The molecule has 2 aromatic heterocycles. The molecule has 4 N–H and O–H groups in total. The van der Waals surface area contributed by atoms with Crippen molar-refractivity contribution >= 4 is 62.5 Å². The Labute approximate surface area is 322 Å². The van der Waals surface area contributed by atoms with Gasteiger partial charge in [0.25, 0.3) is 0 Å². The molecule has 28 heteroatoms. The minimum atomic E-state index is -5.90. The number of hydrogen-bond donors (Lipinski definition) is 3. The van der Waals surface area contributed by atoms with Gasteiger partial charge in [-0.2, -0.15) is 4.31 Å². The van der Waals surface area contributed by atoms with E-state index in [9.17, 15) is 42.9 Å². The minimum absolute atomic E-state index is 0.0774. The average molecular weight is 858 g/mol. The predicted octanol–water partition coefficient (Wildman–Crippen LogP) is -0.399. The number of anilines is 1. The molecule has 0 spiro atoms. The highest BCUT2D eigenvalue weighted by molar-refractivity contribution is 7.61. The topological polar surface area (TPSA) is 340 Å². The van der Waals surface area contributed by atoms with E-state index in [1.54, 1.807) is 0 Å². The number of nitrogens with zero attached hydrogens (tertiary/aromatic N) is 4. The van der Waals surface area contributed by atoms with Crippen molar-refractivity contribution in [2.45, 2.75) is 96.0 Å². The van der Waals surface area contributed by atoms with Crippen LogP contribution < -0.4 is 5.73 Å². The Balaban J connectivity index is 1.59. The number of carbonyl (C=O) groups excluding carboxylic acids is 5. The molecule has 0 aliphatic carbocycles. The number of rotatable bonds is 17. The third-order valence-electron chi connectivity index (χ3n) is 7.91. The van der Waals surface area contributed by atoms with Gasteiger partial charge in [-0.25, -0.2) is 24.1 Å². The van der Waals surface area contributed by atoms with Crippen molar-refractivity contribution in [3.63, 3.8) is 0 Å². The van der Waals surface area contributed by atoms with E-state index >= 15 is 0 Å². The second kappa shape index (κ2) is 19.0. The van der Waals surface area contributed by atoms with Crippen molar-refractivity contribution in [1.29, 1.82) is 0 Å². The van der Waals surface area contributed by atoms with E-state index in [1.165, 1.54) is 31.4 Å². The molecule has 0 bridgehead atoms. The number of phosphoric acid groups is 2. The summed E-state index contributed by atoms with van der Waals surface area (Å²) < 4.78 is 91.3. The van der Waals surface area contributed by atoms with E-state index in [1.807, 2.05) is 0 Å². The van der Waals surface area contributed by atoms with Gasteiger partial charge >= 0.3 is 45.5 Å². The van der Waals surface area contributed by atoms with Gasteiger partial charge in [-0.1, -0.05) is 0 Å². The van der Waals surface area contributed by atoms with Crippen molar-refractivity contribution in [1.82, 2.24) is 19.5 Å². The van der Waals surface area contributed by atoms with Crippen LogP contribution in [0.2, 0.25) is 0 Å². The van der Waals surface area contributed by atoms with Gasteiger partial charge in [0.2, 0.25) is 6.29 Å². The summed E-state index contributed by atoms with van der Waals surface area (Å²) in [5.74, 6) is -5.01. The van der Waals surface area contributed by atoms with Crippen molar-refractivity contribution in [3.05, 3.63) is 12.7 Å². The van der Waals surface area contributed by atoms with E-state index in [0.717, 1.165) is 34.6 Å². The zero-order valence-electron chi connectivity index (χ0n) is 31.3. The smallest absolute Gasteiger partial charge is 0.462 e. The first kappa shape index (κ1) is 45.5. The Bertz CT molecular complexity index is 1900. The van der Waals surface area contributed by atoms with Gasteiger partial charge in [-0.3, -0.25) is 37.6 Å². The number of nitrogens with two attached hydrogens (primary N) is 1. The first-order valence-electron chi connectivity index (χ1n) is 16.5. The van der Waals surface area contributed by atoms with E-state index in [2.05, 4.69) is 19.3 Å². The summed E-state index contributed by atoms with van der Waals surface area (Å²) in [6.45, 7) is 3.05. The number of carbonyl (C=O) groups is 5. The van der Waals surface area contributed by atoms with Crippen molar-refractivity contribution < 1.29 is 98.9 Å². The van der Waals surface area contributed by atoms with Crippen LogP contribution in [0.4, 0.5) is 5.82 Å². The number of nitrogen functional groups attached to an aromatic ring is 1. The predicted molar refractivity (Wildman–Crippen MR) is 181 cm³/mol. The number of fused-ring (bicyclic) bond motifs is 1. The van der Waals surface area contributed by atoms with Crippen molar-refractivity contribution in [2.24, 2.45) is 0 Å². The quantitative estimate of drug-likeness (QED) is 0.103. The Kier molecular flexibility index (Phi) is 15.2. The second-order valence-corrected chi connectivity index (χ2v) is 15.1. The van der Waals surface area contributed by atoms with Crippen LogP contribution >= 0.6 is 15.6 Å². The standard InChI is InChI=1S/C29H41N5O21P2/c1-12(35)46-8-17(48-13(2)36)21-22(49-14(3)37)23(50-15(4)38)25(51-16(5)39)29(53-21)54-57(42,43)55-56(40,41)47-9-18-20(44-6)24(45-7)28(52-18)34-11-33-19-26(30)31-10-32-27(19)34/h10-11,17-18,20-25,28-29H,8-9H2,1-7H3,(H,40,41)(H,42,43)(H2,30,31,32)/t17-,18-,20-,21-,22-,23+,24-,25+,28-,29+/m1/s1. The van der Waals surface area contributed by atoms with Gasteiger partial charge < -0.3 is 58.2 Å². The third-order valence-corrected chi connectivity index (χ3v) is 10.5. The third kappa shape index (κ3) is 11.7. The van der Waals surface area contributed by atoms with E-state index in [4.69, 9.17) is 57.4 Å². The van der Waals surface area contributed by atoms with Crippen LogP contribution in [-0.2, 0) is 89.1 Å². The molecule has 0 amide bonds. The summed E-state index contributed by atoms with van der Waals surface area (Å²) in [5, 5.41) is 0. The Morgan fingerprint density at radius 2 is 1.42 bits per heavy atom. The van der Waals surface area contributed by atoms with Crippen LogP contribution in [0.25, 0.3) is 11.2 Å². The molecule has 12 atom stereocenters. The number of methoxy groups -OCH3 is 2. The van der Waals surface area contributed by atoms with Crippen molar-refractivity contribution in [2.75, 3.05) is 33.2 Å². The van der Waals surface area contributed by atoms with Gasteiger partial charge in [-0.05, 0) is 0 Å². The largest absolute Gasteiger partial charge is 0.483 e. The molecule has 2 saturated heterocycles. The monoisotopic (exact) mass is 857 g/mol. The van der Waals surface area contributed by atoms with Crippen LogP contribution in [0, 0.1) is 0 Å². The van der Waals surface area contributed by atoms with E-state index in [0.29, 0.717) is 0 Å². The van der Waals surface area contributed by atoms with Gasteiger partial charge in [-0.15, -0.1) is 0 Å². The van der Waals surface area contributed by atoms with E-state index in [-0.39, 0.29) is 17.0 Å². The number of phosphoric ester groups is 2. The lowest BCUT2D eigenvalue weighted by atomic mass is 9.94. The zero-order valence-corrected chi connectivity index (χ0v) is 33.0. The minimum Gasteiger partial charge on any atom is -0.462 e. The van der Waals surface area contributed by atoms with Crippen LogP contribution in [0.3, 0.4) is 0 Å². The molecular weight excluding hydrogens is 816 g/mol. The van der Waals surface area contributed by atoms with Gasteiger partial charge in [0, 0.05) is 48.8 Å². The summed E-state index contributed by atoms with van der Waals surface area (Å²) in [6.07, 6.45) is -13.5. The average Bonchev–Trinajstić information content (AvgIpc) is 3.68. The molecule has 0 saturated carbocycles. The Morgan fingerprint density at radius 1 is 0.807 bits per heavy atom. The number of hydrogen-bond acceptors (Lipinski definition) is 23.